The molecular weight excluding hydrogens is 303 g/mol. The summed E-state index contributed by atoms with van der Waals surface area (Å²) < 4.78 is 10.7. The number of alkyl halides is 1. The molecule has 0 spiro atoms. The molecule has 1 aromatic rings. The minimum absolute atomic E-state index is 0.602. The topological polar surface area (TPSA) is 18.5 Å². The molecule has 2 nitrogen and oxygen atoms in total. The van der Waals surface area contributed by atoms with E-state index in [0.717, 1.165) is 23.2 Å². The van der Waals surface area contributed by atoms with Gasteiger partial charge in [0.05, 0.1) is 18.7 Å². The highest BCUT2D eigenvalue weighted by Crippen LogP contribution is 2.28. The summed E-state index contributed by atoms with van der Waals surface area (Å²) in [6, 6.07) is 5.47. The van der Waals surface area contributed by atoms with Gasteiger partial charge in [0, 0.05) is 11.4 Å². The smallest absolute Gasteiger partial charge is 0.138 e. The van der Waals surface area contributed by atoms with Crippen LogP contribution in [-0.4, -0.2) is 19.0 Å². The maximum atomic E-state index is 6.06. The summed E-state index contributed by atoms with van der Waals surface area (Å²) in [6.07, 6.45) is 4.73. The normalized spacial score (nSPS) is 10.3. The van der Waals surface area contributed by atoms with Crippen molar-refractivity contribution in [1.29, 1.82) is 0 Å². The van der Waals surface area contributed by atoms with Gasteiger partial charge in [-0.2, -0.15) is 0 Å². The first kappa shape index (κ1) is 14.7. The molecule has 96 valence electrons. The first-order valence-electron chi connectivity index (χ1n) is 5.80. The van der Waals surface area contributed by atoms with Gasteiger partial charge in [0.2, 0.25) is 0 Å². The molecule has 0 radical (unpaired) electrons. The number of unbranched alkanes of at least 4 members (excludes halogenated alkanes) is 3. The lowest BCUT2D eigenvalue weighted by molar-refractivity contribution is 0.304. The molecule has 4 heteroatoms. The predicted molar refractivity (Wildman–Crippen MR) is 75.8 cm³/mol. The van der Waals surface area contributed by atoms with Gasteiger partial charge >= 0.3 is 0 Å². The van der Waals surface area contributed by atoms with Crippen LogP contribution in [0, 0.1) is 0 Å². The number of ether oxygens (including phenoxy) is 2. The largest absolute Gasteiger partial charge is 0.497 e. The Bertz CT molecular complexity index is 331. The number of halogens is 2. The summed E-state index contributed by atoms with van der Waals surface area (Å²) in [5.41, 5.74) is 0. The summed E-state index contributed by atoms with van der Waals surface area (Å²) >= 11 is 9.48. The minimum Gasteiger partial charge on any atom is -0.497 e. The minimum atomic E-state index is 0.602. The monoisotopic (exact) mass is 320 g/mol. The van der Waals surface area contributed by atoms with Gasteiger partial charge in [-0.15, -0.1) is 0 Å². The van der Waals surface area contributed by atoms with E-state index in [2.05, 4.69) is 15.9 Å². The van der Waals surface area contributed by atoms with Crippen LogP contribution in [0.5, 0.6) is 11.5 Å². The molecule has 0 saturated carbocycles. The van der Waals surface area contributed by atoms with E-state index < -0.39 is 0 Å². The van der Waals surface area contributed by atoms with Gasteiger partial charge in [0.25, 0.3) is 0 Å². The first-order chi connectivity index (χ1) is 8.27. The molecular formula is C13H18BrClO2. The van der Waals surface area contributed by atoms with Crippen LogP contribution in [0.4, 0.5) is 0 Å². The number of hydrogen-bond acceptors (Lipinski definition) is 2. The zero-order valence-electron chi connectivity index (χ0n) is 10.0. The van der Waals surface area contributed by atoms with Crippen LogP contribution in [-0.2, 0) is 0 Å². The molecule has 0 aliphatic rings. The lowest BCUT2D eigenvalue weighted by Gasteiger charge is -2.09. The van der Waals surface area contributed by atoms with Crippen LogP contribution < -0.4 is 9.47 Å². The average molecular weight is 322 g/mol. The van der Waals surface area contributed by atoms with Gasteiger partial charge in [-0.05, 0) is 25.0 Å². The fraction of sp³-hybridized carbons (Fsp3) is 0.538. The van der Waals surface area contributed by atoms with Crippen LogP contribution >= 0.6 is 27.5 Å². The standard InChI is InChI=1S/C13H18BrClO2/c1-16-11-6-7-13(12(15)10-11)17-9-5-3-2-4-8-14/h6-7,10H,2-5,8-9H2,1H3. The van der Waals surface area contributed by atoms with Gasteiger partial charge in [-0.1, -0.05) is 40.4 Å². The Kier molecular flexibility index (Phi) is 7.45. The van der Waals surface area contributed by atoms with Crippen molar-refractivity contribution in [2.24, 2.45) is 0 Å². The molecule has 0 aromatic heterocycles. The Labute approximate surface area is 116 Å². The molecule has 0 aliphatic heterocycles. The third-order valence-corrected chi connectivity index (χ3v) is 3.28. The van der Waals surface area contributed by atoms with Crippen LogP contribution in [0.3, 0.4) is 0 Å². The van der Waals surface area contributed by atoms with Gasteiger partial charge in [0.15, 0.2) is 0 Å². The van der Waals surface area contributed by atoms with Crippen LogP contribution in [0.15, 0.2) is 18.2 Å². The number of benzene rings is 1. The molecule has 1 rings (SSSR count). The van der Waals surface area contributed by atoms with Crippen molar-refractivity contribution in [3.05, 3.63) is 23.2 Å². The van der Waals surface area contributed by atoms with Crippen LogP contribution in [0.25, 0.3) is 0 Å². The highest BCUT2D eigenvalue weighted by molar-refractivity contribution is 9.09. The molecule has 0 heterocycles. The van der Waals surface area contributed by atoms with Crippen molar-refractivity contribution in [2.75, 3.05) is 19.0 Å². The molecule has 0 saturated heterocycles. The number of hydrogen-bond donors (Lipinski definition) is 0. The molecule has 0 amide bonds. The molecule has 0 atom stereocenters. The molecule has 0 fully saturated rings. The fourth-order valence-electron chi connectivity index (χ4n) is 1.46. The van der Waals surface area contributed by atoms with E-state index in [4.69, 9.17) is 21.1 Å². The Morgan fingerprint density at radius 1 is 1.18 bits per heavy atom. The van der Waals surface area contributed by atoms with E-state index in [9.17, 15) is 0 Å². The Balaban J connectivity index is 2.27. The van der Waals surface area contributed by atoms with Gasteiger partial charge in [-0.25, -0.2) is 0 Å². The summed E-state index contributed by atoms with van der Waals surface area (Å²) in [7, 11) is 1.62. The maximum absolute atomic E-state index is 6.06. The van der Waals surface area contributed by atoms with E-state index in [1.165, 1.54) is 19.3 Å². The second-order valence-corrected chi connectivity index (χ2v) is 4.95. The highest BCUT2D eigenvalue weighted by atomic mass is 79.9. The summed E-state index contributed by atoms with van der Waals surface area (Å²) in [6.45, 7) is 0.717. The summed E-state index contributed by atoms with van der Waals surface area (Å²) in [5, 5.41) is 1.68. The lowest BCUT2D eigenvalue weighted by atomic mass is 10.2. The maximum Gasteiger partial charge on any atom is 0.138 e. The second kappa shape index (κ2) is 8.65. The van der Waals surface area contributed by atoms with Crippen molar-refractivity contribution < 1.29 is 9.47 Å². The molecule has 1 aromatic carbocycles. The van der Waals surface area contributed by atoms with Gasteiger partial charge in [-0.3, -0.25) is 0 Å². The van der Waals surface area contributed by atoms with E-state index in [1.54, 1.807) is 13.2 Å². The molecule has 0 bridgehead atoms. The van der Waals surface area contributed by atoms with Crippen molar-refractivity contribution in [3.63, 3.8) is 0 Å². The first-order valence-corrected chi connectivity index (χ1v) is 7.30. The number of rotatable bonds is 8. The highest BCUT2D eigenvalue weighted by Gasteiger charge is 2.02. The third kappa shape index (κ3) is 5.64. The van der Waals surface area contributed by atoms with Crippen molar-refractivity contribution in [2.45, 2.75) is 25.7 Å². The van der Waals surface area contributed by atoms with Crippen LogP contribution in [0.2, 0.25) is 5.02 Å². The van der Waals surface area contributed by atoms with Crippen molar-refractivity contribution in [3.8, 4) is 11.5 Å². The fourth-order valence-corrected chi connectivity index (χ4v) is 2.08. The molecule has 0 unspecified atom stereocenters. The quantitative estimate of drug-likeness (QED) is 0.511. The predicted octanol–water partition coefficient (Wildman–Crippen LogP) is 4.68. The molecule has 0 N–H and O–H groups in total. The van der Waals surface area contributed by atoms with Crippen molar-refractivity contribution >= 4 is 27.5 Å². The zero-order chi connectivity index (χ0) is 12.5. The summed E-state index contributed by atoms with van der Waals surface area (Å²) in [4.78, 5) is 0. The van der Waals surface area contributed by atoms with E-state index >= 15 is 0 Å². The van der Waals surface area contributed by atoms with Gasteiger partial charge in [0.1, 0.15) is 11.5 Å². The zero-order valence-corrected chi connectivity index (χ0v) is 12.4. The van der Waals surface area contributed by atoms with E-state index in [1.807, 2.05) is 12.1 Å². The third-order valence-electron chi connectivity index (χ3n) is 2.42. The molecule has 17 heavy (non-hydrogen) atoms. The number of methoxy groups -OCH3 is 1. The van der Waals surface area contributed by atoms with Gasteiger partial charge < -0.3 is 9.47 Å². The summed E-state index contributed by atoms with van der Waals surface area (Å²) in [5.74, 6) is 1.48. The van der Waals surface area contributed by atoms with E-state index in [-0.39, 0.29) is 0 Å². The van der Waals surface area contributed by atoms with Crippen molar-refractivity contribution in [1.82, 2.24) is 0 Å². The average Bonchev–Trinajstić information content (AvgIpc) is 2.35. The Morgan fingerprint density at radius 3 is 2.59 bits per heavy atom. The second-order valence-electron chi connectivity index (χ2n) is 3.75. The SMILES string of the molecule is COc1ccc(OCCCCCCBr)c(Cl)c1. The van der Waals surface area contributed by atoms with E-state index in [0.29, 0.717) is 11.6 Å². The lowest BCUT2D eigenvalue weighted by Crippen LogP contribution is -1.98. The van der Waals surface area contributed by atoms with Crippen LogP contribution in [0.1, 0.15) is 25.7 Å². The Hall–Kier alpha value is -0.410. The molecule has 0 aliphatic carbocycles. The Morgan fingerprint density at radius 2 is 1.94 bits per heavy atom.